The van der Waals surface area contributed by atoms with Crippen LogP contribution in [0.4, 0.5) is 5.69 Å². The van der Waals surface area contributed by atoms with Crippen molar-refractivity contribution in [3.63, 3.8) is 0 Å². The molecule has 138 valence electrons. The van der Waals surface area contributed by atoms with Crippen molar-refractivity contribution in [3.05, 3.63) is 64.6 Å². The van der Waals surface area contributed by atoms with E-state index in [0.717, 1.165) is 11.3 Å². The van der Waals surface area contributed by atoms with Crippen LogP contribution in [0.1, 0.15) is 22.8 Å². The first-order valence-corrected chi connectivity index (χ1v) is 9.12. The highest BCUT2D eigenvalue weighted by Gasteiger charge is 2.30. The Balaban J connectivity index is 1.84. The van der Waals surface area contributed by atoms with Crippen LogP contribution in [0.25, 0.3) is 6.08 Å². The summed E-state index contributed by atoms with van der Waals surface area (Å²) >= 11 is 1.25. The van der Waals surface area contributed by atoms with E-state index < -0.39 is 5.97 Å². The third kappa shape index (κ3) is 4.38. The monoisotopic (exact) mass is 382 g/mol. The van der Waals surface area contributed by atoms with Crippen molar-refractivity contribution in [3.8, 4) is 5.75 Å². The lowest BCUT2D eigenvalue weighted by Gasteiger charge is -2.07. The summed E-state index contributed by atoms with van der Waals surface area (Å²) in [6.07, 6.45) is 1.80. The highest BCUT2D eigenvalue weighted by atomic mass is 32.2. The Kier molecular flexibility index (Phi) is 5.61. The average molecular weight is 382 g/mol. The summed E-state index contributed by atoms with van der Waals surface area (Å²) < 4.78 is 5.42. The van der Waals surface area contributed by atoms with Crippen LogP contribution in [-0.4, -0.2) is 40.7 Å². The van der Waals surface area contributed by atoms with E-state index in [1.54, 1.807) is 25.3 Å². The maximum absolute atomic E-state index is 12.5. The Hall–Kier alpha value is -3.06. The minimum absolute atomic E-state index is 0.151. The summed E-state index contributed by atoms with van der Waals surface area (Å²) in [5, 5.41) is 9.59. The van der Waals surface area contributed by atoms with Gasteiger partial charge < -0.3 is 9.84 Å². The van der Waals surface area contributed by atoms with Crippen LogP contribution in [0.3, 0.4) is 0 Å². The van der Waals surface area contributed by atoms with E-state index in [4.69, 9.17) is 9.84 Å². The number of aliphatic imine (C=N–C) groups is 1. The number of ether oxygens (including phenoxy) is 1. The summed E-state index contributed by atoms with van der Waals surface area (Å²) in [5.41, 5.74) is 1.52. The molecule has 0 spiro atoms. The van der Waals surface area contributed by atoms with Gasteiger partial charge in [-0.25, -0.2) is 9.79 Å². The molecule has 0 aliphatic carbocycles. The molecule has 1 aliphatic heterocycles. The maximum atomic E-state index is 12.5. The van der Waals surface area contributed by atoms with Gasteiger partial charge in [0, 0.05) is 7.05 Å². The summed E-state index contributed by atoms with van der Waals surface area (Å²) in [5.74, 6) is -0.388. The summed E-state index contributed by atoms with van der Waals surface area (Å²) in [7, 11) is 1.65. The van der Waals surface area contributed by atoms with Crippen LogP contribution in [0.2, 0.25) is 0 Å². The Morgan fingerprint density at radius 3 is 2.67 bits per heavy atom. The standard InChI is InChI=1S/C20H18N2O4S/c1-3-26-16-9-7-13(8-10-16)11-17-18(23)22(2)20(27-17)21-15-6-4-5-14(12-15)19(24)25/h4-12H,3H2,1-2H3,(H,24,25)/b17-11+,21-20?. The van der Waals surface area contributed by atoms with Crippen molar-refractivity contribution in [2.75, 3.05) is 13.7 Å². The van der Waals surface area contributed by atoms with E-state index in [1.807, 2.05) is 31.2 Å². The number of carbonyl (C=O) groups excluding carboxylic acids is 1. The van der Waals surface area contributed by atoms with Crippen molar-refractivity contribution in [2.24, 2.45) is 4.99 Å². The van der Waals surface area contributed by atoms with Crippen LogP contribution < -0.4 is 4.74 Å². The molecule has 0 atom stereocenters. The van der Waals surface area contributed by atoms with Crippen molar-refractivity contribution >= 4 is 40.6 Å². The van der Waals surface area contributed by atoms with E-state index in [0.29, 0.717) is 22.4 Å². The SMILES string of the molecule is CCOc1ccc(/C=C2/SC(=Nc3cccc(C(=O)O)c3)N(C)C2=O)cc1. The average Bonchev–Trinajstić information content (AvgIpc) is 2.92. The Morgan fingerprint density at radius 1 is 1.26 bits per heavy atom. The number of likely N-dealkylation sites (N-methyl/N-ethyl adjacent to an activating group) is 1. The van der Waals surface area contributed by atoms with Gasteiger partial charge in [0.25, 0.3) is 5.91 Å². The number of aromatic carboxylic acids is 1. The Labute approximate surface area is 161 Å². The van der Waals surface area contributed by atoms with Crippen LogP contribution >= 0.6 is 11.8 Å². The topological polar surface area (TPSA) is 79.2 Å². The molecule has 27 heavy (non-hydrogen) atoms. The molecule has 1 amide bonds. The second-order valence-corrected chi connectivity index (χ2v) is 6.74. The fraction of sp³-hybridized carbons (Fsp3) is 0.150. The van der Waals surface area contributed by atoms with Gasteiger partial charge in [0.05, 0.1) is 22.8 Å². The van der Waals surface area contributed by atoms with Crippen LogP contribution in [0.15, 0.2) is 58.4 Å². The number of hydrogen-bond donors (Lipinski definition) is 1. The van der Waals surface area contributed by atoms with Gasteiger partial charge in [-0.15, -0.1) is 0 Å². The van der Waals surface area contributed by atoms with E-state index in [9.17, 15) is 9.59 Å². The molecular weight excluding hydrogens is 364 g/mol. The first kappa shape index (κ1) is 18.7. The number of amides is 1. The smallest absolute Gasteiger partial charge is 0.335 e. The lowest BCUT2D eigenvalue weighted by Crippen LogP contribution is -2.23. The molecule has 1 saturated heterocycles. The van der Waals surface area contributed by atoms with E-state index in [1.165, 1.54) is 28.8 Å². The molecule has 3 rings (SSSR count). The van der Waals surface area contributed by atoms with Crippen molar-refractivity contribution in [1.82, 2.24) is 4.90 Å². The zero-order valence-electron chi connectivity index (χ0n) is 14.9. The van der Waals surface area contributed by atoms with Gasteiger partial charge in [-0.1, -0.05) is 18.2 Å². The second-order valence-electron chi connectivity index (χ2n) is 5.73. The van der Waals surface area contributed by atoms with E-state index in [-0.39, 0.29) is 11.5 Å². The minimum atomic E-state index is -1.02. The Morgan fingerprint density at radius 2 is 2.00 bits per heavy atom. The van der Waals surface area contributed by atoms with E-state index in [2.05, 4.69) is 4.99 Å². The van der Waals surface area contributed by atoms with E-state index >= 15 is 0 Å². The summed E-state index contributed by atoms with van der Waals surface area (Å²) in [4.78, 5) is 30.0. The highest BCUT2D eigenvalue weighted by Crippen LogP contribution is 2.33. The van der Waals surface area contributed by atoms with Gasteiger partial charge in [-0.2, -0.15) is 0 Å². The molecule has 6 nitrogen and oxygen atoms in total. The quantitative estimate of drug-likeness (QED) is 0.790. The molecular formula is C20H18N2O4S. The molecule has 0 bridgehead atoms. The van der Waals surface area contributed by atoms with Gasteiger partial charge in [0.15, 0.2) is 5.17 Å². The summed E-state index contributed by atoms with van der Waals surface area (Å²) in [6, 6.07) is 13.8. The van der Waals surface area contributed by atoms with Gasteiger partial charge in [-0.3, -0.25) is 9.69 Å². The Bertz CT molecular complexity index is 935. The zero-order chi connectivity index (χ0) is 19.4. The number of carbonyl (C=O) groups is 2. The van der Waals surface area contributed by atoms with Crippen molar-refractivity contribution in [1.29, 1.82) is 0 Å². The van der Waals surface area contributed by atoms with Crippen LogP contribution in [0, 0.1) is 0 Å². The van der Waals surface area contributed by atoms with Gasteiger partial charge >= 0.3 is 5.97 Å². The minimum Gasteiger partial charge on any atom is -0.494 e. The van der Waals surface area contributed by atoms with Gasteiger partial charge in [-0.05, 0) is 60.7 Å². The number of thioether (sulfide) groups is 1. The second kappa shape index (κ2) is 8.09. The first-order chi connectivity index (χ1) is 13.0. The van der Waals surface area contributed by atoms with Crippen molar-refractivity contribution in [2.45, 2.75) is 6.92 Å². The fourth-order valence-electron chi connectivity index (χ4n) is 2.45. The van der Waals surface area contributed by atoms with Gasteiger partial charge in [0.2, 0.25) is 0 Å². The number of rotatable bonds is 5. The molecule has 0 unspecified atom stereocenters. The molecule has 1 N–H and O–H groups in total. The molecule has 1 aliphatic rings. The molecule has 0 aromatic heterocycles. The predicted molar refractivity (Wildman–Crippen MR) is 106 cm³/mol. The first-order valence-electron chi connectivity index (χ1n) is 8.30. The number of amidine groups is 1. The van der Waals surface area contributed by atoms with Gasteiger partial charge in [0.1, 0.15) is 5.75 Å². The zero-order valence-corrected chi connectivity index (χ0v) is 15.7. The molecule has 2 aromatic rings. The van der Waals surface area contributed by atoms with Crippen molar-refractivity contribution < 1.29 is 19.4 Å². The predicted octanol–water partition coefficient (Wildman–Crippen LogP) is 4.02. The molecule has 0 saturated carbocycles. The van der Waals surface area contributed by atoms with Crippen LogP contribution in [0.5, 0.6) is 5.75 Å². The molecule has 1 heterocycles. The third-order valence-electron chi connectivity index (χ3n) is 3.81. The molecule has 7 heteroatoms. The molecule has 1 fully saturated rings. The largest absolute Gasteiger partial charge is 0.494 e. The number of carboxylic acids is 1. The molecule has 2 aromatic carbocycles. The lowest BCUT2D eigenvalue weighted by molar-refractivity contribution is -0.121. The lowest BCUT2D eigenvalue weighted by atomic mass is 10.2. The number of hydrogen-bond acceptors (Lipinski definition) is 5. The number of nitrogens with zero attached hydrogens (tertiary/aromatic N) is 2. The third-order valence-corrected chi connectivity index (χ3v) is 4.87. The molecule has 0 radical (unpaired) electrons. The normalized spacial score (nSPS) is 17.0. The number of benzene rings is 2. The highest BCUT2D eigenvalue weighted by molar-refractivity contribution is 8.18. The number of carboxylic acid groups (broad SMARTS) is 1. The maximum Gasteiger partial charge on any atom is 0.335 e. The summed E-state index contributed by atoms with van der Waals surface area (Å²) in [6.45, 7) is 2.52. The fourth-order valence-corrected chi connectivity index (χ4v) is 3.44. The van der Waals surface area contributed by atoms with Crippen LogP contribution in [-0.2, 0) is 4.79 Å².